The van der Waals surface area contributed by atoms with Gasteiger partial charge >= 0.3 is 5.97 Å². The van der Waals surface area contributed by atoms with Gasteiger partial charge in [-0.25, -0.2) is 4.39 Å². The van der Waals surface area contributed by atoms with Crippen molar-refractivity contribution in [3.05, 3.63) is 83.4 Å². The molecule has 190 valence electrons. The summed E-state index contributed by atoms with van der Waals surface area (Å²) in [4.78, 5) is 30.5. The maximum Gasteiger partial charge on any atom is 0.312 e. The molecule has 37 heavy (non-hydrogen) atoms. The van der Waals surface area contributed by atoms with Crippen LogP contribution in [0.3, 0.4) is 0 Å². The normalized spacial score (nSPS) is 19.5. The van der Waals surface area contributed by atoms with Gasteiger partial charge in [0.15, 0.2) is 0 Å². The van der Waals surface area contributed by atoms with Crippen LogP contribution in [0, 0.1) is 18.2 Å². The fraction of sp³-hybridized carbons (Fsp3) is 0.310. The third kappa shape index (κ3) is 5.09. The summed E-state index contributed by atoms with van der Waals surface area (Å²) >= 11 is 0. The minimum atomic E-state index is -0.774. The highest BCUT2D eigenvalue weighted by atomic mass is 19.1. The van der Waals surface area contributed by atoms with Gasteiger partial charge in [0.25, 0.3) is 5.91 Å². The van der Waals surface area contributed by atoms with Gasteiger partial charge < -0.3 is 10.1 Å². The second-order valence-electron chi connectivity index (χ2n) is 9.86. The smallest absolute Gasteiger partial charge is 0.312 e. The number of carbonyl (C=O) groups is 2. The number of fused-ring (bicyclic) bond motifs is 1. The maximum atomic E-state index is 13.4. The van der Waals surface area contributed by atoms with E-state index in [-0.39, 0.29) is 23.7 Å². The number of pyridine rings is 1. The number of amides is 1. The van der Waals surface area contributed by atoms with Crippen LogP contribution in [0.25, 0.3) is 22.2 Å². The number of H-pyrrole nitrogens is 1. The highest BCUT2D eigenvalue weighted by molar-refractivity contribution is 6.01. The van der Waals surface area contributed by atoms with Crippen molar-refractivity contribution in [2.24, 2.45) is 5.41 Å². The molecule has 5 rings (SSSR count). The van der Waals surface area contributed by atoms with Crippen LogP contribution >= 0.6 is 0 Å². The molecule has 7 nitrogen and oxygen atoms in total. The highest BCUT2D eigenvalue weighted by Crippen LogP contribution is 2.41. The Labute approximate surface area is 214 Å². The van der Waals surface area contributed by atoms with Crippen molar-refractivity contribution in [1.29, 1.82) is 0 Å². The molecule has 1 amide bonds. The number of carbonyl (C=O) groups excluding carboxylic acids is 2. The fourth-order valence-electron chi connectivity index (χ4n) is 5.45. The molecule has 0 aliphatic heterocycles. The number of benzene rings is 2. The van der Waals surface area contributed by atoms with Crippen molar-refractivity contribution < 1.29 is 18.7 Å². The molecule has 0 spiro atoms. The van der Waals surface area contributed by atoms with E-state index in [0.29, 0.717) is 24.8 Å². The summed E-state index contributed by atoms with van der Waals surface area (Å²) in [6.07, 6.45) is 4.82. The number of aryl methyl sites for hydroxylation is 1. The van der Waals surface area contributed by atoms with Crippen LogP contribution in [-0.2, 0) is 16.0 Å². The number of rotatable bonds is 6. The van der Waals surface area contributed by atoms with Crippen LogP contribution in [0.5, 0.6) is 0 Å². The van der Waals surface area contributed by atoms with Gasteiger partial charge in [-0.1, -0.05) is 18.6 Å². The standard InChI is InChI=1S/C29H29FN4O3/c1-18-14-20(11-13-31-18)26-24-15-21(7-10-25(24)33-34-26)27(35)32-23-4-3-12-29(17-23,28(36)37-2)16-19-5-8-22(30)9-6-19/h5-11,13-15,23H,3-4,12,16-17H2,1-2H3,(H,32,35)(H,33,34). The first-order valence-electron chi connectivity index (χ1n) is 12.4. The largest absolute Gasteiger partial charge is 0.469 e. The van der Waals surface area contributed by atoms with Crippen LogP contribution < -0.4 is 5.32 Å². The molecular formula is C29H29FN4O3. The molecule has 0 saturated heterocycles. The molecule has 1 saturated carbocycles. The minimum Gasteiger partial charge on any atom is -0.469 e. The van der Waals surface area contributed by atoms with Crippen molar-refractivity contribution in [1.82, 2.24) is 20.5 Å². The first-order valence-corrected chi connectivity index (χ1v) is 12.4. The predicted octanol–water partition coefficient (Wildman–Crippen LogP) is 5.15. The Kier molecular flexibility index (Phi) is 6.74. The van der Waals surface area contributed by atoms with E-state index in [0.717, 1.165) is 46.3 Å². The van der Waals surface area contributed by atoms with Crippen molar-refractivity contribution in [3.63, 3.8) is 0 Å². The van der Waals surface area contributed by atoms with Crippen LogP contribution in [0.15, 0.2) is 60.8 Å². The molecule has 2 heterocycles. The van der Waals surface area contributed by atoms with E-state index < -0.39 is 5.41 Å². The summed E-state index contributed by atoms with van der Waals surface area (Å²) in [5.74, 6) is -0.818. The second-order valence-corrected chi connectivity index (χ2v) is 9.86. The van der Waals surface area contributed by atoms with Crippen LogP contribution in [0.4, 0.5) is 4.39 Å². The van der Waals surface area contributed by atoms with Gasteiger partial charge in [-0.2, -0.15) is 5.10 Å². The average Bonchev–Trinajstić information content (AvgIpc) is 3.33. The van der Waals surface area contributed by atoms with E-state index in [1.165, 1.54) is 19.2 Å². The molecule has 2 unspecified atom stereocenters. The molecule has 2 N–H and O–H groups in total. The summed E-state index contributed by atoms with van der Waals surface area (Å²) < 4.78 is 18.6. The zero-order valence-electron chi connectivity index (χ0n) is 20.9. The number of methoxy groups -OCH3 is 1. The molecule has 0 radical (unpaired) electrons. The first-order chi connectivity index (χ1) is 17.9. The van der Waals surface area contributed by atoms with Crippen molar-refractivity contribution >= 4 is 22.8 Å². The van der Waals surface area contributed by atoms with E-state index in [4.69, 9.17) is 4.74 Å². The first kappa shape index (κ1) is 24.6. The van der Waals surface area contributed by atoms with Crippen molar-refractivity contribution in [2.45, 2.75) is 45.1 Å². The van der Waals surface area contributed by atoms with Gasteiger partial charge in [-0.05, 0) is 80.6 Å². The third-order valence-corrected chi connectivity index (χ3v) is 7.25. The zero-order chi connectivity index (χ0) is 26.0. The number of ether oxygens (including phenoxy) is 1. The Morgan fingerprint density at radius 1 is 1.16 bits per heavy atom. The molecule has 0 bridgehead atoms. The Balaban J connectivity index is 1.37. The Bertz CT molecular complexity index is 1450. The van der Waals surface area contributed by atoms with E-state index in [2.05, 4.69) is 20.5 Å². The maximum absolute atomic E-state index is 13.4. The molecule has 8 heteroatoms. The molecule has 1 aliphatic rings. The minimum absolute atomic E-state index is 0.192. The highest BCUT2D eigenvalue weighted by Gasteiger charge is 2.44. The summed E-state index contributed by atoms with van der Waals surface area (Å²) in [7, 11) is 1.39. The number of aromatic amines is 1. The SMILES string of the molecule is COC(=O)C1(Cc2ccc(F)cc2)CCCC(NC(=O)c2ccc3[nH]nc(-c4ccnc(C)c4)c3c2)C1. The molecule has 1 fully saturated rings. The number of hydrogen-bond acceptors (Lipinski definition) is 5. The Morgan fingerprint density at radius 2 is 1.97 bits per heavy atom. The Morgan fingerprint density at radius 3 is 2.73 bits per heavy atom. The number of nitrogens with one attached hydrogen (secondary N) is 2. The number of aromatic nitrogens is 3. The van der Waals surface area contributed by atoms with Gasteiger partial charge in [0, 0.05) is 34.4 Å². The van der Waals surface area contributed by atoms with E-state index in [1.54, 1.807) is 24.4 Å². The van der Waals surface area contributed by atoms with Gasteiger partial charge in [0.2, 0.25) is 0 Å². The third-order valence-electron chi connectivity index (χ3n) is 7.25. The summed E-state index contributed by atoms with van der Waals surface area (Å²) in [6, 6.07) is 15.3. The van der Waals surface area contributed by atoms with Crippen LogP contribution in [0.2, 0.25) is 0 Å². The second kappa shape index (κ2) is 10.1. The average molecular weight is 501 g/mol. The van der Waals surface area contributed by atoms with E-state index in [1.807, 2.05) is 31.2 Å². The molecule has 4 aromatic rings. The monoisotopic (exact) mass is 500 g/mol. The summed E-state index contributed by atoms with van der Waals surface area (Å²) in [5, 5.41) is 11.5. The molecule has 2 aromatic heterocycles. The summed E-state index contributed by atoms with van der Waals surface area (Å²) in [5.41, 5.74) is 4.02. The summed E-state index contributed by atoms with van der Waals surface area (Å²) in [6.45, 7) is 1.92. The van der Waals surface area contributed by atoms with E-state index in [9.17, 15) is 14.0 Å². The van der Waals surface area contributed by atoms with Crippen molar-refractivity contribution in [3.8, 4) is 11.3 Å². The number of esters is 1. The lowest BCUT2D eigenvalue weighted by Crippen LogP contribution is -2.47. The number of nitrogens with zero attached hydrogens (tertiary/aromatic N) is 2. The van der Waals surface area contributed by atoms with Gasteiger partial charge in [-0.15, -0.1) is 0 Å². The Hall–Kier alpha value is -4.07. The van der Waals surface area contributed by atoms with Crippen molar-refractivity contribution in [2.75, 3.05) is 7.11 Å². The van der Waals surface area contributed by atoms with Crippen LogP contribution in [0.1, 0.15) is 47.3 Å². The van der Waals surface area contributed by atoms with Gasteiger partial charge in [0.1, 0.15) is 11.5 Å². The van der Waals surface area contributed by atoms with Gasteiger partial charge in [0.05, 0.1) is 18.0 Å². The molecule has 2 atom stereocenters. The fourth-order valence-corrected chi connectivity index (χ4v) is 5.45. The van der Waals surface area contributed by atoms with E-state index >= 15 is 0 Å². The molecular weight excluding hydrogens is 471 g/mol. The lowest BCUT2D eigenvalue weighted by molar-refractivity contribution is -0.155. The zero-order valence-corrected chi connectivity index (χ0v) is 20.9. The topological polar surface area (TPSA) is 97.0 Å². The number of hydrogen-bond donors (Lipinski definition) is 2. The van der Waals surface area contributed by atoms with Crippen LogP contribution in [-0.4, -0.2) is 40.2 Å². The molecule has 1 aliphatic carbocycles. The number of halogens is 1. The quantitative estimate of drug-likeness (QED) is 0.357. The lowest BCUT2D eigenvalue weighted by atomic mass is 9.68. The molecule has 2 aromatic carbocycles. The predicted molar refractivity (Wildman–Crippen MR) is 138 cm³/mol. The van der Waals surface area contributed by atoms with Gasteiger partial charge in [-0.3, -0.25) is 19.7 Å². The lowest BCUT2D eigenvalue weighted by Gasteiger charge is -2.39.